The van der Waals surface area contributed by atoms with Crippen LogP contribution in [0.25, 0.3) is 17.1 Å². The van der Waals surface area contributed by atoms with Gasteiger partial charge < -0.3 is 15.1 Å². The number of anilines is 1. The van der Waals surface area contributed by atoms with E-state index in [2.05, 4.69) is 22.1 Å². The minimum absolute atomic E-state index is 0.152. The zero-order valence-electron chi connectivity index (χ0n) is 16.2. The first-order valence-electron chi connectivity index (χ1n) is 9.73. The Kier molecular flexibility index (Phi) is 4.44. The normalized spacial score (nSPS) is 11.2. The van der Waals surface area contributed by atoms with Gasteiger partial charge in [0.1, 0.15) is 11.5 Å². The SMILES string of the molecule is Nc1ccccc1-c1cn2c(=O)c(Cc3ccco3)nc-2c(Cc2ccccc2)[nH]1. The largest absolute Gasteiger partial charge is 0.469 e. The monoisotopic (exact) mass is 396 g/mol. The third-order valence-corrected chi connectivity index (χ3v) is 5.14. The summed E-state index contributed by atoms with van der Waals surface area (Å²) in [6.45, 7) is 0. The second-order valence-corrected chi connectivity index (χ2v) is 7.21. The lowest BCUT2D eigenvalue weighted by molar-refractivity contribution is 0.519. The average Bonchev–Trinajstić information content (AvgIpc) is 3.38. The number of para-hydroxylation sites is 1. The summed E-state index contributed by atoms with van der Waals surface area (Å²) >= 11 is 0. The summed E-state index contributed by atoms with van der Waals surface area (Å²) in [7, 11) is 0. The fraction of sp³-hybridized carbons (Fsp3) is 0.0833. The number of furan rings is 1. The number of hydrogen-bond acceptors (Lipinski definition) is 4. The van der Waals surface area contributed by atoms with Gasteiger partial charge in [-0.1, -0.05) is 48.5 Å². The van der Waals surface area contributed by atoms with Crippen LogP contribution in [-0.2, 0) is 12.8 Å². The Labute approximate surface area is 173 Å². The van der Waals surface area contributed by atoms with Gasteiger partial charge in [0.25, 0.3) is 5.56 Å². The van der Waals surface area contributed by atoms with E-state index in [0.717, 1.165) is 22.5 Å². The third-order valence-electron chi connectivity index (χ3n) is 5.14. The molecule has 0 saturated carbocycles. The van der Waals surface area contributed by atoms with E-state index in [1.165, 1.54) is 0 Å². The molecule has 5 rings (SSSR count). The van der Waals surface area contributed by atoms with Crippen molar-refractivity contribution in [3.63, 3.8) is 0 Å². The second-order valence-electron chi connectivity index (χ2n) is 7.21. The van der Waals surface area contributed by atoms with Crippen LogP contribution in [0.1, 0.15) is 22.7 Å². The number of nitrogens with one attached hydrogen (secondary N) is 1. The zero-order valence-corrected chi connectivity index (χ0v) is 16.2. The lowest BCUT2D eigenvalue weighted by Gasteiger charge is -2.14. The Morgan fingerprint density at radius 3 is 2.53 bits per heavy atom. The number of nitrogen functional groups attached to an aromatic ring is 1. The molecule has 6 nitrogen and oxygen atoms in total. The number of hydrogen-bond donors (Lipinski definition) is 2. The van der Waals surface area contributed by atoms with Crippen molar-refractivity contribution in [3.8, 4) is 17.1 Å². The Balaban J connectivity index is 1.68. The molecular weight excluding hydrogens is 376 g/mol. The van der Waals surface area contributed by atoms with Gasteiger partial charge in [-0.25, -0.2) is 4.98 Å². The van der Waals surface area contributed by atoms with Gasteiger partial charge in [-0.15, -0.1) is 0 Å². The molecule has 0 bridgehead atoms. The first-order valence-corrected chi connectivity index (χ1v) is 9.73. The van der Waals surface area contributed by atoms with Crippen LogP contribution in [-0.4, -0.2) is 14.5 Å². The molecule has 3 aromatic rings. The highest BCUT2D eigenvalue weighted by Crippen LogP contribution is 2.27. The van der Waals surface area contributed by atoms with Crippen molar-refractivity contribution in [1.82, 2.24) is 14.5 Å². The van der Waals surface area contributed by atoms with Crippen molar-refractivity contribution < 1.29 is 4.42 Å². The maximum Gasteiger partial charge on any atom is 0.278 e. The molecule has 3 N–H and O–H groups in total. The van der Waals surface area contributed by atoms with Gasteiger partial charge in [0.2, 0.25) is 0 Å². The number of aromatic nitrogens is 3. The summed E-state index contributed by atoms with van der Waals surface area (Å²) in [4.78, 5) is 21.3. The predicted octanol–water partition coefficient (Wildman–Crippen LogP) is 4.02. The van der Waals surface area contributed by atoms with Gasteiger partial charge in [0.05, 0.1) is 24.1 Å². The quantitative estimate of drug-likeness (QED) is 0.439. The highest BCUT2D eigenvalue weighted by molar-refractivity contribution is 5.73. The van der Waals surface area contributed by atoms with Crippen LogP contribution in [0.15, 0.2) is 88.4 Å². The van der Waals surface area contributed by atoms with E-state index in [-0.39, 0.29) is 5.56 Å². The van der Waals surface area contributed by atoms with Gasteiger partial charge in [0.15, 0.2) is 5.82 Å². The number of benzene rings is 2. The first kappa shape index (κ1) is 18.0. The molecule has 0 radical (unpaired) electrons. The summed E-state index contributed by atoms with van der Waals surface area (Å²) in [6, 6.07) is 21.3. The summed E-state index contributed by atoms with van der Waals surface area (Å²) in [6.07, 6.45) is 4.33. The van der Waals surface area contributed by atoms with Crippen LogP contribution in [0.5, 0.6) is 0 Å². The predicted molar refractivity (Wildman–Crippen MR) is 116 cm³/mol. The molecule has 2 aromatic carbocycles. The molecule has 2 aliphatic heterocycles. The van der Waals surface area contributed by atoms with Crippen LogP contribution in [0.3, 0.4) is 0 Å². The van der Waals surface area contributed by atoms with Crippen molar-refractivity contribution in [2.45, 2.75) is 12.8 Å². The standard InChI is InChI=1S/C24H20N4O2/c25-19-11-5-4-10-18(19)22-15-28-23(20(26-22)13-16-7-2-1-3-8-16)27-21(24(28)29)14-17-9-6-12-30-17/h1-12,15,26H,13-14,25H2. The highest BCUT2D eigenvalue weighted by atomic mass is 16.3. The molecule has 0 fully saturated rings. The van der Waals surface area contributed by atoms with Crippen LogP contribution in [0.2, 0.25) is 0 Å². The molecule has 3 heterocycles. The number of fused-ring (bicyclic) bond motifs is 1. The number of rotatable bonds is 5. The minimum Gasteiger partial charge on any atom is -0.469 e. The highest BCUT2D eigenvalue weighted by Gasteiger charge is 2.21. The zero-order chi connectivity index (χ0) is 20.5. The van der Waals surface area contributed by atoms with Crippen LogP contribution in [0, 0.1) is 0 Å². The second kappa shape index (κ2) is 7.40. The molecule has 0 atom stereocenters. The minimum atomic E-state index is -0.152. The van der Waals surface area contributed by atoms with Gasteiger partial charge in [-0.3, -0.25) is 9.36 Å². The number of nitrogens with two attached hydrogens (primary N) is 1. The van der Waals surface area contributed by atoms with E-state index in [9.17, 15) is 4.79 Å². The molecule has 0 saturated heterocycles. The van der Waals surface area contributed by atoms with Crippen LogP contribution >= 0.6 is 0 Å². The van der Waals surface area contributed by atoms with Gasteiger partial charge in [0, 0.05) is 23.9 Å². The first-order chi connectivity index (χ1) is 14.7. The molecule has 0 aliphatic carbocycles. The maximum atomic E-state index is 13.1. The van der Waals surface area contributed by atoms with Gasteiger partial charge in [-0.05, 0) is 23.8 Å². The van der Waals surface area contributed by atoms with E-state index in [4.69, 9.17) is 10.2 Å². The van der Waals surface area contributed by atoms with Gasteiger partial charge >= 0.3 is 0 Å². The summed E-state index contributed by atoms with van der Waals surface area (Å²) in [5.74, 6) is 1.32. The molecule has 0 amide bonds. The maximum absolute atomic E-state index is 13.1. The summed E-state index contributed by atoms with van der Waals surface area (Å²) < 4.78 is 7.02. The number of H-pyrrole nitrogens is 1. The Morgan fingerprint density at radius 1 is 0.967 bits per heavy atom. The summed E-state index contributed by atoms with van der Waals surface area (Å²) in [5.41, 5.74) is 10.7. The fourth-order valence-corrected chi connectivity index (χ4v) is 3.67. The number of imidazole rings is 1. The molecule has 2 aliphatic rings. The molecule has 148 valence electrons. The Morgan fingerprint density at radius 2 is 1.77 bits per heavy atom. The summed E-state index contributed by atoms with van der Waals surface area (Å²) in [5, 5.41) is 0. The fourth-order valence-electron chi connectivity index (χ4n) is 3.67. The molecule has 30 heavy (non-hydrogen) atoms. The van der Waals surface area contributed by atoms with E-state index in [1.807, 2.05) is 48.5 Å². The van der Waals surface area contributed by atoms with Crippen LogP contribution in [0.4, 0.5) is 5.69 Å². The van der Waals surface area contributed by atoms with E-state index < -0.39 is 0 Å². The van der Waals surface area contributed by atoms with Crippen molar-refractivity contribution in [1.29, 1.82) is 0 Å². The van der Waals surface area contributed by atoms with Crippen molar-refractivity contribution >= 4 is 5.69 Å². The molecule has 0 unspecified atom stereocenters. The molecule has 0 spiro atoms. The van der Waals surface area contributed by atoms with E-state index in [0.29, 0.717) is 35.8 Å². The number of nitrogens with zero attached hydrogens (tertiary/aromatic N) is 2. The van der Waals surface area contributed by atoms with E-state index >= 15 is 0 Å². The molecular formula is C24H20N4O2. The topological polar surface area (TPSA) is 89.8 Å². The van der Waals surface area contributed by atoms with Crippen LogP contribution < -0.4 is 11.3 Å². The smallest absolute Gasteiger partial charge is 0.278 e. The van der Waals surface area contributed by atoms with Crippen molar-refractivity contribution in [2.75, 3.05) is 5.73 Å². The lowest BCUT2D eigenvalue weighted by atomic mass is 10.1. The molecule has 6 heteroatoms. The molecule has 1 aromatic heterocycles. The van der Waals surface area contributed by atoms with Crippen molar-refractivity contribution in [3.05, 3.63) is 112 Å². The Bertz CT molecular complexity index is 1320. The average molecular weight is 396 g/mol. The lowest BCUT2D eigenvalue weighted by Crippen LogP contribution is -2.18. The Hall–Kier alpha value is -4.06. The van der Waals surface area contributed by atoms with Crippen molar-refractivity contribution in [2.24, 2.45) is 0 Å². The van der Waals surface area contributed by atoms with Gasteiger partial charge in [-0.2, -0.15) is 0 Å². The number of aromatic amines is 1. The third kappa shape index (κ3) is 3.28. The van der Waals surface area contributed by atoms with E-state index in [1.54, 1.807) is 23.1 Å².